The Bertz CT molecular complexity index is 256. The number of rotatable bonds is 7. The molecule has 1 saturated carbocycles. The van der Waals surface area contributed by atoms with E-state index in [9.17, 15) is 0 Å². The number of nitrogens with zero attached hydrogens (tertiary/aromatic N) is 1. The van der Waals surface area contributed by atoms with Crippen LogP contribution in [0.2, 0.25) is 0 Å². The zero-order valence-electron chi connectivity index (χ0n) is 13.6. The first-order valence-electron chi connectivity index (χ1n) is 8.69. The van der Waals surface area contributed by atoms with Crippen LogP contribution in [0.1, 0.15) is 58.3 Å². The molecule has 2 rings (SSSR count). The summed E-state index contributed by atoms with van der Waals surface area (Å²) in [5.41, 5.74) is 0.418. The monoisotopic (exact) mass is 282 g/mol. The van der Waals surface area contributed by atoms with Crippen molar-refractivity contribution in [2.45, 2.75) is 64.3 Å². The van der Waals surface area contributed by atoms with Crippen molar-refractivity contribution in [3.05, 3.63) is 0 Å². The second-order valence-electron chi connectivity index (χ2n) is 7.14. The first kappa shape index (κ1) is 16.3. The van der Waals surface area contributed by atoms with Crippen molar-refractivity contribution < 1.29 is 4.74 Å². The van der Waals surface area contributed by atoms with Crippen molar-refractivity contribution in [2.24, 2.45) is 5.41 Å². The predicted molar refractivity (Wildman–Crippen MR) is 85.1 cm³/mol. The maximum Gasteiger partial charge on any atom is 0.0530 e. The highest BCUT2D eigenvalue weighted by molar-refractivity contribution is 4.87. The summed E-state index contributed by atoms with van der Waals surface area (Å²) in [6, 6.07) is 0.599. The second-order valence-corrected chi connectivity index (χ2v) is 7.14. The Balaban J connectivity index is 1.71. The summed E-state index contributed by atoms with van der Waals surface area (Å²) in [5, 5.41) is 3.80. The number of ether oxygens (including phenoxy) is 1. The highest BCUT2D eigenvalue weighted by atomic mass is 16.5. The maximum atomic E-state index is 5.48. The van der Waals surface area contributed by atoms with Crippen molar-refractivity contribution in [1.29, 1.82) is 0 Å². The Labute approximate surface area is 125 Å². The van der Waals surface area contributed by atoms with Crippen LogP contribution < -0.4 is 5.32 Å². The maximum absolute atomic E-state index is 5.48. The SMILES string of the molecule is COCC1(CNC(C)CN2CCCCCC2)CCCC1. The van der Waals surface area contributed by atoms with Crippen LogP contribution in [0.4, 0.5) is 0 Å². The van der Waals surface area contributed by atoms with E-state index in [1.165, 1.54) is 71.0 Å². The van der Waals surface area contributed by atoms with Gasteiger partial charge in [0.2, 0.25) is 0 Å². The number of likely N-dealkylation sites (tertiary alicyclic amines) is 1. The van der Waals surface area contributed by atoms with Gasteiger partial charge in [0.15, 0.2) is 0 Å². The standard InChI is InChI=1S/C17H34N2O/c1-16(13-19-11-7-3-4-8-12-19)18-14-17(15-20-2)9-5-6-10-17/h16,18H,3-15H2,1-2H3. The molecule has 0 radical (unpaired) electrons. The van der Waals surface area contributed by atoms with Crippen LogP contribution in [-0.2, 0) is 4.74 Å². The zero-order valence-corrected chi connectivity index (χ0v) is 13.6. The summed E-state index contributed by atoms with van der Waals surface area (Å²) in [6.45, 7) is 8.22. The van der Waals surface area contributed by atoms with Gasteiger partial charge in [0.1, 0.15) is 0 Å². The van der Waals surface area contributed by atoms with Crippen molar-refractivity contribution >= 4 is 0 Å². The van der Waals surface area contributed by atoms with E-state index in [1.807, 2.05) is 7.11 Å². The Kier molecular flexibility index (Phi) is 6.79. The average Bonchev–Trinajstić information content (AvgIpc) is 2.74. The van der Waals surface area contributed by atoms with Crippen LogP contribution in [0.15, 0.2) is 0 Å². The van der Waals surface area contributed by atoms with Gasteiger partial charge in [0.05, 0.1) is 6.61 Å². The van der Waals surface area contributed by atoms with E-state index >= 15 is 0 Å². The minimum atomic E-state index is 0.418. The zero-order chi connectivity index (χ0) is 14.3. The Morgan fingerprint density at radius 2 is 1.70 bits per heavy atom. The molecule has 0 aromatic carbocycles. The van der Waals surface area contributed by atoms with E-state index in [0.717, 1.165) is 13.2 Å². The van der Waals surface area contributed by atoms with Crippen LogP contribution in [-0.4, -0.2) is 50.8 Å². The van der Waals surface area contributed by atoms with E-state index in [2.05, 4.69) is 17.1 Å². The molecule has 1 unspecified atom stereocenters. The minimum Gasteiger partial charge on any atom is -0.384 e. The summed E-state index contributed by atoms with van der Waals surface area (Å²) < 4.78 is 5.48. The van der Waals surface area contributed by atoms with Crippen LogP contribution in [0, 0.1) is 5.41 Å². The Morgan fingerprint density at radius 3 is 2.30 bits per heavy atom. The third-order valence-electron chi connectivity index (χ3n) is 5.17. The lowest BCUT2D eigenvalue weighted by Gasteiger charge is -2.32. The van der Waals surface area contributed by atoms with Gasteiger partial charge in [-0.2, -0.15) is 0 Å². The molecular weight excluding hydrogens is 248 g/mol. The summed E-state index contributed by atoms with van der Waals surface area (Å²) >= 11 is 0. The van der Waals surface area contributed by atoms with Gasteiger partial charge in [-0.3, -0.25) is 0 Å². The van der Waals surface area contributed by atoms with E-state index in [1.54, 1.807) is 0 Å². The number of hydrogen-bond donors (Lipinski definition) is 1. The van der Waals surface area contributed by atoms with Crippen molar-refractivity contribution in [2.75, 3.05) is 39.9 Å². The molecule has 3 heteroatoms. The fourth-order valence-corrected chi connectivity index (χ4v) is 3.96. The Hall–Kier alpha value is -0.120. The van der Waals surface area contributed by atoms with Gasteiger partial charge in [-0.05, 0) is 45.7 Å². The highest BCUT2D eigenvalue weighted by Gasteiger charge is 2.33. The molecule has 1 aliphatic carbocycles. The fourth-order valence-electron chi connectivity index (χ4n) is 3.96. The van der Waals surface area contributed by atoms with E-state index in [0.29, 0.717) is 11.5 Å². The van der Waals surface area contributed by atoms with E-state index < -0.39 is 0 Å². The molecule has 118 valence electrons. The molecule has 0 bridgehead atoms. The van der Waals surface area contributed by atoms with Gasteiger partial charge in [-0.1, -0.05) is 25.7 Å². The van der Waals surface area contributed by atoms with Gasteiger partial charge in [0, 0.05) is 31.7 Å². The third kappa shape index (κ3) is 5.01. The highest BCUT2D eigenvalue weighted by Crippen LogP contribution is 2.37. The molecule has 1 aliphatic heterocycles. The minimum absolute atomic E-state index is 0.418. The summed E-state index contributed by atoms with van der Waals surface area (Å²) in [5.74, 6) is 0. The van der Waals surface area contributed by atoms with Gasteiger partial charge >= 0.3 is 0 Å². The summed E-state index contributed by atoms with van der Waals surface area (Å²) in [6.07, 6.45) is 11.1. The molecular formula is C17H34N2O. The molecule has 1 N–H and O–H groups in total. The van der Waals surface area contributed by atoms with Crippen LogP contribution >= 0.6 is 0 Å². The van der Waals surface area contributed by atoms with E-state index in [-0.39, 0.29) is 0 Å². The largest absolute Gasteiger partial charge is 0.384 e. The van der Waals surface area contributed by atoms with Gasteiger partial charge in [-0.25, -0.2) is 0 Å². The quantitative estimate of drug-likeness (QED) is 0.777. The lowest BCUT2D eigenvalue weighted by Crippen LogP contribution is -2.45. The molecule has 0 amide bonds. The molecule has 1 atom stereocenters. The molecule has 20 heavy (non-hydrogen) atoms. The molecule has 0 aromatic rings. The lowest BCUT2D eigenvalue weighted by atomic mass is 9.87. The lowest BCUT2D eigenvalue weighted by molar-refractivity contribution is 0.0793. The fraction of sp³-hybridized carbons (Fsp3) is 1.00. The van der Waals surface area contributed by atoms with Gasteiger partial charge < -0.3 is 15.0 Å². The third-order valence-corrected chi connectivity index (χ3v) is 5.17. The van der Waals surface area contributed by atoms with Crippen molar-refractivity contribution in [3.8, 4) is 0 Å². The first-order chi connectivity index (χ1) is 9.74. The second kappa shape index (κ2) is 8.35. The number of nitrogens with one attached hydrogen (secondary N) is 1. The molecule has 0 spiro atoms. The molecule has 2 aliphatic rings. The van der Waals surface area contributed by atoms with E-state index in [4.69, 9.17) is 4.74 Å². The smallest absolute Gasteiger partial charge is 0.0530 e. The summed E-state index contributed by atoms with van der Waals surface area (Å²) in [4.78, 5) is 2.66. The normalized spacial score (nSPS) is 25.5. The van der Waals surface area contributed by atoms with Crippen LogP contribution in [0.25, 0.3) is 0 Å². The topological polar surface area (TPSA) is 24.5 Å². The molecule has 1 saturated heterocycles. The number of hydrogen-bond acceptors (Lipinski definition) is 3. The molecule has 1 heterocycles. The molecule has 3 nitrogen and oxygen atoms in total. The summed E-state index contributed by atoms with van der Waals surface area (Å²) in [7, 11) is 1.85. The number of methoxy groups -OCH3 is 1. The average molecular weight is 282 g/mol. The molecule has 0 aromatic heterocycles. The van der Waals surface area contributed by atoms with Crippen molar-refractivity contribution in [3.63, 3.8) is 0 Å². The van der Waals surface area contributed by atoms with Crippen LogP contribution in [0.5, 0.6) is 0 Å². The first-order valence-corrected chi connectivity index (χ1v) is 8.69. The predicted octanol–water partition coefficient (Wildman–Crippen LogP) is 3.05. The molecule has 2 fully saturated rings. The van der Waals surface area contributed by atoms with Gasteiger partial charge in [0.25, 0.3) is 0 Å². The van der Waals surface area contributed by atoms with Gasteiger partial charge in [-0.15, -0.1) is 0 Å². The van der Waals surface area contributed by atoms with Crippen LogP contribution in [0.3, 0.4) is 0 Å². The Morgan fingerprint density at radius 1 is 1.05 bits per heavy atom. The van der Waals surface area contributed by atoms with Crippen molar-refractivity contribution in [1.82, 2.24) is 10.2 Å².